The molecule has 1 nitrogen and oxygen atoms in total. The quantitative estimate of drug-likeness (QED) is 0.438. The van der Waals surface area contributed by atoms with E-state index in [1.807, 2.05) is 36.4 Å². The third-order valence-electron chi connectivity index (χ3n) is 4.54. The maximum absolute atomic E-state index is 13.6. The Bertz CT molecular complexity index is 930. The standard InChI is InChI=1S/C24H26OS2/c1-17(2)19-14-15-23(21(16-19)18(3)4)27(25)24-13-9-8-12-22(24)26-20-10-6-5-7-11-20/h5-18H,1-4H3. The van der Waals surface area contributed by atoms with E-state index in [2.05, 4.69) is 64.1 Å². The summed E-state index contributed by atoms with van der Waals surface area (Å²) >= 11 is 1.67. The maximum atomic E-state index is 13.6. The van der Waals surface area contributed by atoms with Crippen LogP contribution in [-0.4, -0.2) is 4.21 Å². The van der Waals surface area contributed by atoms with E-state index in [0.717, 1.165) is 19.6 Å². The van der Waals surface area contributed by atoms with Crippen molar-refractivity contribution in [2.45, 2.75) is 59.1 Å². The molecule has 3 heteroatoms. The maximum Gasteiger partial charge on any atom is 0.0864 e. The molecule has 0 amide bonds. The van der Waals surface area contributed by atoms with Crippen molar-refractivity contribution in [1.29, 1.82) is 0 Å². The highest BCUT2D eigenvalue weighted by Gasteiger charge is 2.18. The predicted octanol–water partition coefficient (Wildman–Crippen LogP) is 7.25. The minimum Gasteiger partial charge on any atom is -0.249 e. The molecule has 27 heavy (non-hydrogen) atoms. The zero-order valence-electron chi connectivity index (χ0n) is 16.3. The first-order valence-electron chi connectivity index (χ1n) is 9.35. The Labute approximate surface area is 169 Å². The van der Waals surface area contributed by atoms with Crippen LogP contribution in [0.4, 0.5) is 0 Å². The average molecular weight is 395 g/mol. The fraction of sp³-hybridized carbons (Fsp3) is 0.250. The summed E-state index contributed by atoms with van der Waals surface area (Å²) in [7, 11) is -1.21. The summed E-state index contributed by atoms with van der Waals surface area (Å²) in [6.07, 6.45) is 0. The molecule has 0 fully saturated rings. The Kier molecular flexibility index (Phi) is 6.56. The van der Waals surface area contributed by atoms with Gasteiger partial charge in [0, 0.05) is 14.7 Å². The van der Waals surface area contributed by atoms with E-state index < -0.39 is 10.8 Å². The zero-order valence-corrected chi connectivity index (χ0v) is 17.9. The highest BCUT2D eigenvalue weighted by Crippen LogP contribution is 2.36. The molecule has 0 aliphatic rings. The number of benzene rings is 3. The second-order valence-corrected chi connectivity index (χ2v) is 9.77. The van der Waals surface area contributed by atoms with Crippen molar-refractivity contribution in [3.63, 3.8) is 0 Å². The third kappa shape index (κ3) is 4.72. The van der Waals surface area contributed by atoms with Crippen LogP contribution in [0.3, 0.4) is 0 Å². The van der Waals surface area contributed by atoms with Crippen molar-refractivity contribution < 1.29 is 4.21 Å². The largest absolute Gasteiger partial charge is 0.249 e. The molecule has 0 radical (unpaired) electrons. The lowest BCUT2D eigenvalue weighted by Gasteiger charge is -2.17. The fourth-order valence-corrected chi connectivity index (χ4v) is 5.57. The summed E-state index contributed by atoms with van der Waals surface area (Å²) in [5.74, 6) is 0.794. The first-order chi connectivity index (χ1) is 13.0. The van der Waals surface area contributed by atoms with E-state index in [1.165, 1.54) is 11.1 Å². The Morgan fingerprint density at radius 3 is 2.07 bits per heavy atom. The smallest absolute Gasteiger partial charge is 0.0864 e. The van der Waals surface area contributed by atoms with Crippen LogP contribution in [-0.2, 0) is 10.8 Å². The first kappa shape index (κ1) is 19.9. The lowest BCUT2D eigenvalue weighted by Crippen LogP contribution is -2.03. The molecule has 0 saturated carbocycles. The van der Waals surface area contributed by atoms with Crippen molar-refractivity contribution in [2.24, 2.45) is 0 Å². The van der Waals surface area contributed by atoms with E-state index in [1.54, 1.807) is 11.8 Å². The molecular formula is C24H26OS2. The van der Waals surface area contributed by atoms with Gasteiger partial charge in [0.2, 0.25) is 0 Å². The van der Waals surface area contributed by atoms with E-state index in [-0.39, 0.29) is 0 Å². The lowest BCUT2D eigenvalue weighted by molar-refractivity contribution is 0.679. The summed E-state index contributed by atoms with van der Waals surface area (Å²) in [4.78, 5) is 4.01. The average Bonchev–Trinajstić information content (AvgIpc) is 2.68. The van der Waals surface area contributed by atoms with Crippen molar-refractivity contribution >= 4 is 22.6 Å². The number of hydrogen-bond donors (Lipinski definition) is 0. The van der Waals surface area contributed by atoms with Crippen LogP contribution >= 0.6 is 11.8 Å². The van der Waals surface area contributed by atoms with Gasteiger partial charge in [-0.2, -0.15) is 0 Å². The van der Waals surface area contributed by atoms with Gasteiger partial charge in [-0.1, -0.05) is 81.9 Å². The Hall–Kier alpha value is -1.84. The number of rotatable bonds is 6. The minimum atomic E-state index is -1.21. The van der Waals surface area contributed by atoms with E-state index in [4.69, 9.17) is 0 Å². The molecule has 0 aromatic heterocycles. The van der Waals surface area contributed by atoms with Gasteiger partial charge in [-0.15, -0.1) is 0 Å². The Morgan fingerprint density at radius 2 is 1.41 bits per heavy atom. The summed E-state index contributed by atoms with van der Waals surface area (Å²) < 4.78 is 13.6. The summed E-state index contributed by atoms with van der Waals surface area (Å²) in [6, 6.07) is 24.7. The van der Waals surface area contributed by atoms with Gasteiger partial charge in [-0.3, -0.25) is 0 Å². The molecule has 0 N–H and O–H groups in total. The van der Waals surface area contributed by atoms with E-state index in [0.29, 0.717) is 11.8 Å². The molecule has 1 unspecified atom stereocenters. The zero-order chi connectivity index (χ0) is 19.4. The van der Waals surface area contributed by atoms with Gasteiger partial charge in [0.25, 0.3) is 0 Å². The molecule has 0 bridgehead atoms. The monoisotopic (exact) mass is 394 g/mol. The van der Waals surface area contributed by atoms with Crippen molar-refractivity contribution in [3.05, 3.63) is 83.9 Å². The normalized spacial score (nSPS) is 12.5. The minimum absolute atomic E-state index is 0.330. The van der Waals surface area contributed by atoms with E-state index in [9.17, 15) is 4.21 Å². The molecule has 3 aromatic carbocycles. The molecule has 0 spiro atoms. The molecule has 1 atom stereocenters. The highest BCUT2D eigenvalue weighted by molar-refractivity contribution is 8.00. The summed E-state index contributed by atoms with van der Waals surface area (Å²) in [5.41, 5.74) is 2.48. The number of hydrogen-bond acceptors (Lipinski definition) is 2. The summed E-state index contributed by atoms with van der Waals surface area (Å²) in [5, 5.41) is 0. The van der Waals surface area contributed by atoms with Crippen LogP contribution in [0, 0.1) is 0 Å². The molecule has 140 valence electrons. The topological polar surface area (TPSA) is 17.1 Å². The van der Waals surface area contributed by atoms with Crippen molar-refractivity contribution in [1.82, 2.24) is 0 Å². The molecular weight excluding hydrogens is 368 g/mol. The van der Waals surface area contributed by atoms with Gasteiger partial charge in [0.1, 0.15) is 0 Å². The van der Waals surface area contributed by atoms with Crippen molar-refractivity contribution in [3.8, 4) is 0 Å². The Morgan fingerprint density at radius 1 is 0.741 bits per heavy atom. The van der Waals surface area contributed by atoms with E-state index >= 15 is 0 Å². The second-order valence-electron chi connectivity index (χ2n) is 7.24. The van der Waals surface area contributed by atoms with Crippen LogP contribution in [0.2, 0.25) is 0 Å². The van der Waals surface area contributed by atoms with Gasteiger partial charge in [0.05, 0.1) is 15.7 Å². The van der Waals surface area contributed by atoms with Crippen molar-refractivity contribution in [2.75, 3.05) is 0 Å². The predicted molar refractivity (Wildman–Crippen MR) is 116 cm³/mol. The summed E-state index contributed by atoms with van der Waals surface area (Å²) in [6.45, 7) is 8.74. The first-order valence-corrected chi connectivity index (χ1v) is 11.3. The van der Waals surface area contributed by atoms with Gasteiger partial charge in [-0.05, 0) is 53.3 Å². The highest BCUT2D eigenvalue weighted by atomic mass is 32.2. The molecule has 0 saturated heterocycles. The second kappa shape index (κ2) is 8.90. The molecule has 0 heterocycles. The van der Waals surface area contributed by atoms with Gasteiger partial charge >= 0.3 is 0 Å². The van der Waals surface area contributed by atoms with Gasteiger partial charge in [-0.25, -0.2) is 4.21 Å². The Balaban J connectivity index is 2.02. The van der Waals surface area contributed by atoms with Gasteiger partial charge < -0.3 is 0 Å². The molecule has 3 aromatic rings. The molecule has 0 aliphatic heterocycles. The molecule has 0 aliphatic carbocycles. The van der Waals surface area contributed by atoms with Crippen LogP contribution < -0.4 is 0 Å². The van der Waals surface area contributed by atoms with Crippen LogP contribution in [0.25, 0.3) is 0 Å². The van der Waals surface area contributed by atoms with Gasteiger partial charge in [0.15, 0.2) is 0 Å². The lowest BCUT2D eigenvalue weighted by atomic mass is 9.96. The third-order valence-corrected chi connectivity index (χ3v) is 7.28. The fourth-order valence-electron chi connectivity index (χ4n) is 2.97. The SMILES string of the molecule is CC(C)c1ccc(S(=O)c2ccccc2Sc2ccccc2)c(C(C)C)c1. The van der Waals surface area contributed by atoms with Crippen LogP contribution in [0.5, 0.6) is 0 Å². The molecule has 3 rings (SSSR count). The van der Waals surface area contributed by atoms with Crippen LogP contribution in [0.1, 0.15) is 50.7 Å². The van der Waals surface area contributed by atoms with Crippen LogP contribution in [0.15, 0.2) is 92.4 Å².